The molecule has 3 amide bonds. The number of ether oxygens (including phenoxy) is 4. The smallest absolute Gasteiger partial charge is 0.410 e. The van der Waals surface area contributed by atoms with E-state index in [0.29, 0.717) is 115 Å². The number of methoxy groups -OCH3 is 3. The summed E-state index contributed by atoms with van der Waals surface area (Å²) in [6.07, 6.45) is 3.97. The number of hydrogen-bond donors (Lipinski definition) is 2. The first-order chi connectivity index (χ1) is 24.3. The van der Waals surface area contributed by atoms with Gasteiger partial charge in [0.25, 0.3) is 0 Å². The molecule has 4 N–H and O–H groups in total. The first-order valence-electron chi connectivity index (χ1n) is 18.1. The van der Waals surface area contributed by atoms with Gasteiger partial charge in [-0.1, -0.05) is 18.2 Å². The van der Waals surface area contributed by atoms with Crippen LogP contribution in [-0.4, -0.2) is 112 Å². The van der Waals surface area contributed by atoms with Crippen LogP contribution < -0.4 is 25.7 Å². The number of carbonyl (C=O) groups excluding carboxylic acids is 3. The van der Waals surface area contributed by atoms with Gasteiger partial charge in [0.1, 0.15) is 11.4 Å². The van der Waals surface area contributed by atoms with Crippen LogP contribution in [0, 0.1) is 6.92 Å². The highest BCUT2D eigenvalue weighted by atomic mass is 16.6. The van der Waals surface area contributed by atoms with Crippen molar-refractivity contribution in [3.05, 3.63) is 53.1 Å². The molecule has 0 aliphatic rings. The van der Waals surface area contributed by atoms with Crippen LogP contribution in [0.4, 0.5) is 4.79 Å². The van der Waals surface area contributed by atoms with Gasteiger partial charge in [0.05, 0.1) is 21.3 Å². The number of carbonyl (C=O) groups is 3. The zero-order chi connectivity index (χ0) is 37.8. The van der Waals surface area contributed by atoms with Crippen molar-refractivity contribution < 1.29 is 33.3 Å². The van der Waals surface area contributed by atoms with Crippen LogP contribution in [0.2, 0.25) is 0 Å². The summed E-state index contributed by atoms with van der Waals surface area (Å²) in [7, 11) is 4.82. The molecule has 0 saturated heterocycles. The number of rotatable bonds is 23. The second kappa shape index (κ2) is 22.7. The zero-order valence-corrected chi connectivity index (χ0v) is 32.1. The van der Waals surface area contributed by atoms with Gasteiger partial charge in [-0.25, -0.2) is 4.79 Å². The Bertz CT molecular complexity index is 1360. The lowest BCUT2D eigenvalue weighted by molar-refractivity contribution is -0.132. The summed E-state index contributed by atoms with van der Waals surface area (Å²) in [5.74, 6) is 2.15. The molecular formula is C39H63N5O7. The van der Waals surface area contributed by atoms with Crippen molar-refractivity contribution in [3.8, 4) is 17.2 Å². The van der Waals surface area contributed by atoms with Crippen LogP contribution in [0.5, 0.6) is 17.2 Å². The minimum Gasteiger partial charge on any atom is -0.496 e. The number of benzene rings is 2. The molecule has 2 aromatic rings. The molecule has 0 aliphatic heterocycles. The number of nitrogens with zero attached hydrogens (tertiary/aromatic N) is 3. The fraction of sp³-hybridized carbons (Fsp3) is 0.615. The van der Waals surface area contributed by atoms with Gasteiger partial charge in [0, 0.05) is 52.1 Å². The summed E-state index contributed by atoms with van der Waals surface area (Å²) in [6, 6.07) is 11.7. The van der Waals surface area contributed by atoms with Crippen LogP contribution in [0.3, 0.4) is 0 Å². The summed E-state index contributed by atoms with van der Waals surface area (Å²) >= 11 is 0. The molecule has 2 aromatic carbocycles. The van der Waals surface area contributed by atoms with Crippen molar-refractivity contribution in [1.82, 2.24) is 14.7 Å². The van der Waals surface area contributed by atoms with Crippen LogP contribution in [0.1, 0.15) is 76.0 Å². The predicted molar refractivity (Wildman–Crippen MR) is 201 cm³/mol. The van der Waals surface area contributed by atoms with E-state index in [-0.39, 0.29) is 11.8 Å². The van der Waals surface area contributed by atoms with Gasteiger partial charge in [-0.2, -0.15) is 0 Å². The van der Waals surface area contributed by atoms with Crippen LogP contribution >= 0.6 is 0 Å². The fourth-order valence-corrected chi connectivity index (χ4v) is 5.69. The Balaban J connectivity index is 2.03. The predicted octanol–water partition coefficient (Wildman–Crippen LogP) is 4.96. The third kappa shape index (κ3) is 15.8. The highest BCUT2D eigenvalue weighted by Crippen LogP contribution is 2.28. The second-order valence-corrected chi connectivity index (χ2v) is 13.7. The monoisotopic (exact) mass is 713 g/mol. The van der Waals surface area contributed by atoms with E-state index in [1.165, 1.54) is 0 Å². The Morgan fingerprint density at radius 3 is 1.49 bits per heavy atom. The molecule has 12 nitrogen and oxygen atoms in total. The van der Waals surface area contributed by atoms with Gasteiger partial charge in [-0.05, 0) is 114 Å². The van der Waals surface area contributed by atoms with Gasteiger partial charge in [0.15, 0.2) is 11.5 Å². The molecule has 0 heterocycles. The van der Waals surface area contributed by atoms with E-state index in [0.717, 1.165) is 22.4 Å². The maximum absolute atomic E-state index is 13.4. The molecule has 51 heavy (non-hydrogen) atoms. The van der Waals surface area contributed by atoms with Crippen LogP contribution in [0.15, 0.2) is 36.4 Å². The molecule has 0 fully saturated rings. The lowest BCUT2D eigenvalue weighted by Gasteiger charge is -2.30. The van der Waals surface area contributed by atoms with E-state index in [2.05, 4.69) is 0 Å². The van der Waals surface area contributed by atoms with Gasteiger partial charge >= 0.3 is 6.09 Å². The standard InChI is InChI=1S/C39H63N5O7/c1-30-12-13-31(28-34(30)49-6)15-18-36(45)42(22-8-20-40)24-10-26-44(38(47)51-39(2,3)4)27-11-25-43(23-9-21-41)37(46)19-16-32-14-17-33(48-5)35(29-32)50-7/h12-14,17,28-29H,8-11,15-16,18-27,40-41H2,1-7H3. The van der Waals surface area contributed by atoms with E-state index in [4.69, 9.17) is 30.4 Å². The first-order valence-corrected chi connectivity index (χ1v) is 18.1. The molecule has 0 aromatic heterocycles. The summed E-state index contributed by atoms with van der Waals surface area (Å²) in [4.78, 5) is 45.3. The maximum atomic E-state index is 13.4. The van der Waals surface area contributed by atoms with E-state index in [1.54, 1.807) is 26.2 Å². The van der Waals surface area contributed by atoms with E-state index in [1.807, 2.05) is 73.9 Å². The van der Waals surface area contributed by atoms with Gasteiger partial charge in [0.2, 0.25) is 11.8 Å². The zero-order valence-electron chi connectivity index (χ0n) is 32.1. The Kier molecular flexibility index (Phi) is 19.2. The number of hydrogen-bond acceptors (Lipinski definition) is 9. The van der Waals surface area contributed by atoms with Gasteiger partial charge < -0.3 is 45.1 Å². The van der Waals surface area contributed by atoms with Crippen molar-refractivity contribution in [2.75, 3.05) is 73.7 Å². The van der Waals surface area contributed by atoms with Gasteiger partial charge in [-0.3, -0.25) is 9.59 Å². The molecule has 0 spiro atoms. The molecule has 286 valence electrons. The summed E-state index contributed by atoms with van der Waals surface area (Å²) in [5.41, 5.74) is 14.0. The van der Waals surface area contributed by atoms with Crippen LogP contribution in [-0.2, 0) is 27.2 Å². The summed E-state index contributed by atoms with van der Waals surface area (Å²) < 4.78 is 21.9. The largest absolute Gasteiger partial charge is 0.496 e. The fourth-order valence-electron chi connectivity index (χ4n) is 5.69. The van der Waals surface area contributed by atoms with E-state index in [9.17, 15) is 14.4 Å². The highest BCUT2D eigenvalue weighted by Gasteiger charge is 2.23. The van der Waals surface area contributed by atoms with Crippen molar-refractivity contribution in [3.63, 3.8) is 0 Å². The SMILES string of the molecule is COc1cc(CCC(=O)N(CCCN)CCCN(CCCN(CCCN)C(=O)CCc2ccc(OC)c(OC)c2)C(=O)OC(C)(C)C)ccc1C. The highest BCUT2D eigenvalue weighted by molar-refractivity contribution is 5.77. The van der Waals surface area contributed by atoms with Crippen molar-refractivity contribution >= 4 is 17.9 Å². The third-order valence-electron chi connectivity index (χ3n) is 8.51. The Morgan fingerprint density at radius 1 is 0.608 bits per heavy atom. The lowest BCUT2D eigenvalue weighted by Crippen LogP contribution is -2.41. The molecule has 2 rings (SSSR count). The molecule has 12 heteroatoms. The quantitative estimate of drug-likeness (QED) is 0.163. The Labute approximate surface area is 305 Å². The molecule has 0 aliphatic carbocycles. The van der Waals surface area contributed by atoms with E-state index >= 15 is 0 Å². The maximum Gasteiger partial charge on any atom is 0.410 e. The summed E-state index contributed by atoms with van der Waals surface area (Å²) in [5, 5.41) is 0. The first kappa shape index (κ1) is 43.1. The van der Waals surface area contributed by atoms with E-state index < -0.39 is 11.7 Å². The van der Waals surface area contributed by atoms with Crippen molar-refractivity contribution in [2.45, 2.75) is 84.7 Å². The number of amides is 3. The molecular weight excluding hydrogens is 650 g/mol. The average molecular weight is 714 g/mol. The Morgan fingerprint density at radius 2 is 1.04 bits per heavy atom. The van der Waals surface area contributed by atoms with Crippen molar-refractivity contribution in [2.24, 2.45) is 11.5 Å². The molecule has 0 unspecified atom stereocenters. The molecule has 0 bridgehead atoms. The summed E-state index contributed by atoms with van der Waals surface area (Å²) in [6.45, 7) is 11.4. The topological polar surface area (TPSA) is 150 Å². The normalized spacial score (nSPS) is 11.2. The lowest BCUT2D eigenvalue weighted by atomic mass is 10.1. The second-order valence-electron chi connectivity index (χ2n) is 13.7. The average Bonchev–Trinajstić information content (AvgIpc) is 3.10. The van der Waals surface area contributed by atoms with Crippen molar-refractivity contribution in [1.29, 1.82) is 0 Å². The minimum absolute atomic E-state index is 0.0280. The third-order valence-corrected chi connectivity index (χ3v) is 8.51. The molecule has 0 atom stereocenters. The van der Waals surface area contributed by atoms with Crippen LogP contribution in [0.25, 0.3) is 0 Å². The Hall–Kier alpha value is -4.03. The minimum atomic E-state index is -0.662. The number of aryl methyl sites for hydroxylation is 3. The van der Waals surface area contributed by atoms with Gasteiger partial charge in [-0.15, -0.1) is 0 Å². The molecule has 0 saturated carbocycles. The molecule has 0 radical (unpaired) electrons. The number of nitrogens with two attached hydrogens (primary N) is 2.